The fourth-order valence-corrected chi connectivity index (χ4v) is 4.93. The van der Waals surface area contributed by atoms with Gasteiger partial charge in [-0.25, -0.2) is 4.79 Å². The Labute approximate surface area is 222 Å². The molecule has 0 fully saturated rings. The zero-order chi connectivity index (χ0) is 26.0. The fourth-order valence-electron chi connectivity index (χ4n) is 4.80. The summed E-state index contributed by atoms with van der Waals surface area (Å²) in [5.41, 5.74) is 4.77. The molecule has 0 N–H and O–H groups in total. The van der Waals surface area contributed by atoms with Gasteiger partial charge in [0.15, 0.2) is 5.76 Å². The van der Waals surface area contributed by atoms with Crippen LogP contribution in [0.1, 0.15) is 43.6 Å². The molecule has 0 saturated heterocycles. The van der Waals surface area contributed by atoms with Crippen LogP contribution in [0.25, 0.3) is 11.3 Å². The van der Waals surface area contributed by atoms with Crippen molar-refractivity contribution in [2.45, 2.75) is 51.7 Å². The van der Waals surface area contributed by atoms with Crippen LogP contribution in [-0.4, -0.2) is 46.3 Å². The number of carbonyl (C=O) groups excluding carboxylic acids is 1. The fraction of sp³-hybridized carbons (Fsp3) is 0.379. The van der Waals surface area contributed by atoms with E-state index in [0.717, 1.165) is 28.3 Å². The van der Waals surface area contributed by atoms with Crippen LogP contribution in [0, 0.1) is 0 Å². The second-order valence-corrected chi connectivity index (χ2v) is 10.8. The van der Waals surface area contributed by atoms with E-state index in [0.29, 0.717) is 37.4 Å². The van der Waals surface area contributed by atoms with E-state index in [4.69, 9.17) is 30.9 Å². The van der Waals surface area contributed by atoms with Crippen molar-refractivity contribution in [3.8, 4) is 11.3 Å². The van der Waals surface area contributed by atoms with Crippen molar-refractivity contribution in [2.24, 2.45) is 0 Å². The maximum Gasteiger partial charge on any atom is 0.410 e. The molecule has 1 amide bonds. The average Bonchev–Trinajstić information content (AvgIpc) is 3.46. The first-order valence-electron chi connectivity index (χ1n) is 12.6. The van der Waals surface area contributed by atoms with Crippen LogP contribution in [0.4, 0.5) is 4.79 Å². The summed E-state index contributed by atoms with van der Waals surface area (Å²) >= 11 is 6.24. The minimum atomic E-state index is -0.539. The summed E-state index contributed by atoms with van der Waals surface area (Å²) in [6, 6.07) is 17.9. The number of hydrogen-bond acceptors (Lipinski definition) is 5. The second kappa shape index (κ2) is 10.5. The van der Waals surface area contributed by atoms with Crippen LogP contribution in [-0.2, 0) is 33.5 Å². The Bertz CT molecular complexity index is 1280. The number of fused-ring (bicyclic) bond motifs is 1. The molecule has 1 unspecified atom stereocenters. The number of nitrogens with zero attached hydrogens (tertiary/aromatic N) is 3. The minimum absolute atomic E-state index is 0.190. The van der Waals surface area contributed by atoms with Crippen LogP contribution in [0.3, 0.4) is 0 Å². The lowest BCUT2D eigenvalue weighted by atomic mass is 10.0. The third-order valence-electron chi connectivity index (χ3n) is 6.50. The summed E-state index contributed by atoms with van der Waals surface area (Å²) in [5.74, 6) is 0.743. The van der Waals surface area contributed by atoms with E-state index in [9.17, 15) is 4.79 Å². The number of hydrogen-bond donors (Lipinski definition) is 0. The Morgan fingerprint density at radius 3 is 2.49 bits per heavy atom. The van der Waals surface area contributed by atoms with Gasteiger partial charge in [0.1, 0.15) is 17.9 Å². The zero-order valence-corrected chi connectivity index (χ0v) is 22.2. The van der Waals surface area contributed by atoms with E-state index in [2.05, 4.69) is 16.8 Å². The molecule has 7 nitrogen and oxygen atoms in total. The third kappa shape index (κ3) is 5.77. The molecule has 0 saturated carbocycles. The lowest BCUT2D eigenvalue weighted by Crippen LogP contribution is -2.38. The Morgan fingerprint density at radius 1 is 1.08 bits per heavy atom. The number of rotatable bonds is 5. The maximum atomic E-state index is 12.8. The number of carbonyl (C=O) groups is 1. The number of benzene rings is 2. The average molecular weight is 522 g/mol. The minimum Gasteiger partial charge on any atom is -0.462 e. The van der Waals surface area contributed by atoms with Crippen molar-refractivity contribution < 1.29 is 19.0 Å². The molecular weight excluding hydrogens is 490 g/mol. The largest absolute Gasteiger partial charge is 0.462 e. The normalized spacial score (nSPS) is 16.2. The number of aromatic nitrogens is 2. The van der Waals surface area contributed by atoms with Gasteiger partial charge in [-0.1, -0.05) is 54.1 Å². The van der Waals surface area contributed by atoms with Crippen molar-refractivity contribution in [1.82, 2.24) is 14.7 Å². The van der Waals surface area contributed by atoms with Crippen molar-refractivity contribution in [2.75, 3.05) is 19.9 Å². The molecule has 37 heavy (non-hydrogen) atoms. The molecule has 2 aromatic carbocycles. The summed E-state index contributed by atoms with van der Waals surface area (Å²) in [6.07, 6.45) is 3.40. The first kappa shape index (κ1) is 25.2. The van der Waals surface area contributed by atoms with Crippen LogP contribution in [0.15, 0.2) is 66.6 Å². The highest BCUT2D eigenvalue weighted by Gasteiger charge is 2.32. The molecule has 1 atom stereocenters. The maximum absolute atomic E-state index is 12.8. The SMILES string of the molecule is CC(C)(C)OC(=O)N1CCc2nn(C(Cc3ccccc3)C3=COCO3)c(-c3ccc(Cl)cc3)c2CC1. The third-order valence-corrected chi connectivity index (χ3v) is 6.75. The molecule has 3 aromatic rings. The molecule has 0 bridgehead atoms. The summed E-state index contributed by atoms with van der Waals surface area (Å²) < 4.78 is 19.1. The molecule has 0 spiro atoms. The van der Waals surface area contributed by atoms with Gasteiger partial charge < -0.3 is 19.1 Å². The summed E-state index contributed by atoms with van der Waals surface area (Å²) in [4.78, 5) is 14.6. The molecule has 194 valence electrons. The summed E-state index contributed by atoms with van der Waals surface area (Å²) in [5, 5.41) is 5.82. The van der Waals surface area contributed by atoms with Crippen molar-refractivity contribution in [1.29, 1.82) is 0 Å². The molecule has 0 radical (unpaired) electrons. The molecule has 1 aromatic heterocycles. The molecule has 5 rings (SSSR count). The zero-order valence-electron chi connectivity index (χ0n) is 21.4. The van der Waals surface area contributed by atoms with Gasteiger partial charge in [-0.2, -0.15) is 5.10 Å². The van der Waals surface area contributed by atoms with E-state index < -0.39 is 5.60 Å². The second-order valence-electron chi connectivity index (χ2n) is 10.3. The number of ether oxygens (including phenoxy) is 3. The van der Waals surface area contributed by atoms with E-state index >= 15 is 0 Å². The Balaban J connectivity index is 1.55. The first-order chi connectivity index (χ1) is 17.8. The summed E-state index contributed by atoms with van der Waals surface area (Å²) in [6.45, 7) is 6.96. The van der Waals surface area contributed by atoms with Gasteiger partial charge in [0, 0.05) is 42.1 Å². The molecule has 0 aliphatic carbocycles. The van der Waals surface area contributed by atoms with E-state index in [-0.39, 0.29) is 18.9 Å². The van der Waals surface area contributed by atoms with Gasteiger partial charge in [0.2, 0.25) is 6.79 Å². The standard InChI is InChI=1S/C29H32ClN3O4/c1-29(2,3)37-28(34)32-15-13-23-24(14-16-32)31-33(27(23)21-9-11-22(30)12-10-21)25(26-18-35-19-36-26)17-20-7-5-4-6-8-20/h4-12,18,25H,13-17,19H2,1-3H3. The van der Waals surface area contributed by atoms with E-state index in [1.165, 1.54) is 5.56 Å². The number of amides is 1. The quantitative estimate of drug-likeness (QED) is 0.402. The molecule has 8 heteroatoms. The number of halogens is 1. The molecule has 2 aliphatic heterocycles. The van der Waals surface area contributed by atoms with Gasteiger partial charge in [0.05, 0.1) is 11.4 Å². The Kier molecular flexibility index (Phi) is 7.15. The van der Waals surface area contributed by atoms with Gasteiger partial charge in [-0.05, 0) is 44.9 Å². The van der Waals surface area contributed by atoms with E-state index in [1.807, 2.05) is 63.2 Å². The van der Waals surface area contributed by atoms with Gasteiger partial charge in [-0.15, -0.1) is 0 Å². The molecule has 3 heterocycles. The van der Waals surface area contributed by atoms with Crippen molar-refractivity contribution in [3.63, 3.8) is 0 Å². The van der Waals surface area contributed by atoms with Gasteiger partial charge in [-0.3, -0.25) is 4.68 Å². The molecular formula is C29H32ClN3O4. The highest BCUT2D eigenvalue weighted by molar-refractivity contribution is 6.30. The van der Waals surface area contributed by atoms with Crippen molar-refractivity contribution in [3.05, 3.63) is 88.5 Å². The van der Waals surface area contributed by atoms with Crippen LogP contribution in [0.5, 0.6) is 0 Å². The summed E-state index contributed by atoms with van der Waals surface area (Å²) in [7, 11) is 0. The first-order valence-corrected chi connectivity index (χ1v) is 13.0. The number of allylic oxidation sites excluding steroid dienone is 1. The van der Waals surface area contributed by atoms with Crippen LogP contribution < -0.4 is 0 Å². The van der Waals surface area contributed by atoms with Crippen LogP contribution >= 0.6 is 11.6 Å². The highest BCUT2D eigenvalue weighted by atomic mass is 35.5. The lowest BCUT2D eigenvalue weighted by Gasteiger charge is -2.26. The molecule has 2 aliphatic rings. The lowest BCUT2D eigenvalue weighted by molar-refractivity contribution is 0.0258. The highest BCUT2D eigenvalue weighted by Crippen LogP contribution is 2.36. The Morgan fingerprint density at radius 2 is 1.81 bits per heavy atom. The van der Waals surface area contributed by atoms with Gasteiger partial charge >= 0.3 is 6.09 Å². The van der Waals surface area contributed by atoms with Gasteiger partial charge in [0.25, 0.3) is 0 Å². The topological polar surface area (TPSA) is 65.8 Å². The monoisotopic (exact) mass is 521 g/mol. The van der Waals surface area contributed by atoms with Crippen LogP contribution in [0.2, 0.25) is 5.02 Å². The Hall–Kier alpha value is -3.45. The predicted molar refractivity (Wildman–Crippen MR) is 142 cm³/mol. The smallest absolute Gasteiger partial charge is 0.410 e. The predicted octanol–water partition coefficient (Wildman–Crippen LogP) is 6.17. The van der Waals surface area contributed by atoms with Crippen molar-refractivity contribution >= 4 is 17.7 Å². The van der Waals surface area contributed by atoms with E-state index in [1.54, 1.807) is 11.2 Å².